The van der Waals surface area contributed by atoms with E-state index in [1.807, 2.05) is 0 Å². The second-order valence-corrected chi connectivity index (χ2v) is 10.8. The number of aryl methyl sites for hydroxylation is 2. The molecule has 0 bridgehead atoms. The molecule has 1 saturated carbocycles. The van der Waals surface area contributed by atoms with E-state index in [1.165, 1.54) is 19.6 Å². The average Bonchev–Trinajstić information content (AvgIpc) is 2.81. The number of aromatic nitrogens is 1. The number of methoxy groups -OCH3 is 1. The van der Waals surface area contributed by atoms with Crippen molar-refractivity contribution in [1.82, 2.24) is 4.98 Å². The number of benzene rings is 1. The maximum absolute atomic E-state index is 12.8. The van der Waals surface area contributed by atoms with Crippen LogP contribution < -0.4 is 5.30 Å². The Morgan fingerprint density at radius 1 is 1.15 bits per heavy atom. The van der Waals surface area contributed by atoms with Gasteiger partial charge >= 0.3 is 13.9 Å². The minimum absolute atomic E-state index is 0.0472. The highest BCUT2D eigenvalue weighted by atomic mass is 31.2. The van der Waals surface area contributed by atoms with Crippen LogP contribution in [0.1, 0.15) is 53.8 Å². The number of rotatable bonds is 4. The number of pyridine rings is 1. The van der Waals surface area contributed by atoms with E-state index in [0.717, 1.165) is 25.7 Å². The van der Waals surface area contributed by atoms with E-state index in [1.54, 1.807) is 32.0 Å². The van der Waals surface area contributed by atoms with Crippen LogP contribution in [0.5, 0.6) is 0 Å². The first-order chi connectivity index (χ1) is 15.7. The van der Waals surface area contributed by atoms with E-state index in [4.69, 9.17) is 13.8 Å². The average molecular weight is 475 g/mol. The van der Waals surface area contributed by atoms with Crippen molar-refractivity contribution in [1.29, 1.82) is 0 Å². The minimum Gasteiger partial charge on any atom is -0.465 e. The summed E-state index contributed by atoms with van der Waals surface area (Å²) in [6.07, 6.45) is 5.27. The molecule has 9 nitrogen and oxygen atoms in total. The predicted octanol–water partition coefficient (Wildman–Crippen LogP) is 4.44. The first kappa shape index (κ1) is 23.7. The number of nitrogens with zero attached hydrogens (tertiary/aromatic N) is 2. The molecular formula is C23H28N2O7P+. The molecule has 1 aromatic carbocycles. The number of carbonyl (C=O) groups is 1. The molecule has 4 rings (SSSR count). The fourth-order valence-corrected chi connectivity index (χ4v) is 7.10. The van der Waals surface area contributed by atoms with Gasteiger partial charge in [0.1, 0.15) is 13.2 Å². The number of hydrogen-bond donors (Lipinski definition) is 1. The van der Waals surface area contributed by atoms with Gasteiger partial charge in [-0.2, -0.15) is 13.9 Å². The minimum atomic E-state index is -3.69. The molecular weight excluding hydrogens is 447 g/mol. The molecule has 0 amide bonds. The monoisotopic (exact) mass is 475 g/mol. The summed E-state index contributed by atoms with van der Waals surface area (Å²) >= 11 is 0. The summed E-state index contributed by atoms with van der Waals surface area (Å²) in [5.41, 5.74) is 0.778. The number of carbonyl (C=O) groups excluding carboxylic acids is 1. The zero-order chi connectivity index (χ0) is 23.8. The maximum Gasteiger partial charge on any atom is 0.448 e. The number of nitro benzene ring substituents is 1. The summed E-state index contributed by atoms with van der Waals surface area (Å²) in [7, 11) is -2.46. The van der Waals surface area contributed by atoms with Crippen LogP contribution in [0, 0.1) is 29.4 Å². The summed E-state index contributed by atoms with van der Waals surface area (Å²) in [5.74, 6) is -0.707. The summed E-state index contributed by atoms with van der Waals surface area (Å²) in [5, 5.41) is 12.0. The maximum atomic E-state index is 12.8. The van der Waals surface area contributed by atoms with Crippen molar-refractivity contribution >= 4 is 24.9 Å². The molecule has 1 saturated heterocycles. The molecule has 1 aliphatic carbocycles. The lowest BCUT2D eigenvalue weighted by Crippen LogP contribution is -2.41. The highest BCUT2D eigenvalue weighted by Gasteiger charge is 2.57. The number of para-hydroxylation sites is 1. The Labute approximate surface area is 192 Å². The Hall–Kier alpha value is -2.45. The van der Waals surface area contributed by atoms with E-state index < -0.39 is 18.8 Å². The molecule has 10 heteroatoms. The Bertz CT molecular complexity index is 1090. The molecule has 0 atom stereocenters. The summed E-state index contributed by atoms with van der Waals surface area (Å²) in [6, 6.07) is 6.08. The number of nitro groups is 1. The summed E-state index contributed by atoms with van der Waals surface area (Å²) in [4.78, 5) is 40.3. The molecule has 1 aliphatic heterocycles. The third-order valence-electron chi connectivity index (χ3n) is 6.57. The number of ether oxygens (including phenoxy) is 1. The Morgan fingerprint density at radius 2 is 1.79 bits per heavy atom. The first-order valence-electron chi connectivity index (χ1n) is 11.0. The molecule has 1 aromatic heterocycles. The van der Waals surface area contributed by atoms with Crippen LogP contribution in [0.2, 0.25) is 0 Å². The molecule has 0 unspecified atom stereocenters. The van der Waals surface area contributed by atoms with E-state index in [9.17, 15) is 19.8 Å². The van der Waals surface area contributed by atoms with Crippen molar-refractivity contribution in [3.63, 3.8) is 0 Å². The van der Waals surface area contributed by atoms with Gasteiger partial charge in [0.25, 0.3) is 5.69 Å². The van der Waals surface area contributed by atoms with Crippen LogP contribution in [-0.2, 0) is 13.8 Å². The van der Waals surface area contributed by atoms with E-state index >= 15 is 0 Å². The van der Waals surface area contributed by atoms with Crippen molar-refractivity contribution in [2.24, 2.45) is 5.41 Å². The van der Waals surface area contributed by atoms with Crippen molar-refractivity contribution in [3.05, 3.63) is 51.3 Å². The lowest BCUT2D eigenvalue weighted by molar-refractivity contribution is -0.384. The van der Waals surface area contributed by atoms with Crippen molar-refractivity contribution in [2.75, 3.05) is 20.3 Å². The van der Waals surface area contributed by atoms with Gasteiger partial charge in [0.15, 0.2) is 0 Å². The summed E-state index contributed by atoms with van der Waals surface area (Å²) < 4.78 is 17.1. The largest absolute Gasteiger partial charge is 0.465 e. The topological polar surface area (TPSA) is 121 Å². The van der Waals surface area contributed by atoms with E-state index in [2.05, 4.69) is 4.98 Å². The van der Waals surface area contributed by atoms with Crippen LogP contribution in [0.15, 0.2) is 24.3 Å². The zero-order valence-electron chi connectivity index (χ0n) is 19.0. The molecule has 2 aliphatic rings. The number of hydrogen-bond acceptors (Lipinski definition) is 8. The zero-order valence-corrected chi connectivity index (χ0v) is 19.9. The van der Waals surface area contributed by atoms with Crippen molar-refractivity contribution < 1.29 is 28.4 Å². The van der Waals surface area contributed by atoms with Crippen LogP contribution in [0.4, 0.5) is 5.69 Å². The first-order valence-corrected chi connectivity index (χ1v) is 12.5. The molecule has 1 spiro atoms. The van der Waals surface area contributed by atoms with Gasteiger partial charge in [-0.1, -0.05) is 31.4 Å². The third kappa shape index (κ3) is 4.26. The van der Waals surface area contributed by atoms with Gasteiger partial charge in [-0.15, -0.1) is 0 Å². The van der Waals surface area contributed by atoms with Gasteiger partial charge in [0.2, 0.25) is 5.30 Å². The quantitative estimate of drug-likeness (QED) is 0.298. The second-order valence-electron chi connectivity index (χ2n) is 8.78. The number of esters is 1. The van der Waals surface area contributed by atoms with Gasteiger partial charge in [-0.05, 0) is 32.8 Å². The molecule has 176 valence electrons. The summed E-state index contributed by atoms with van der Waals surface area (Å²) in [6.45, 7) is 3.96. The van der Waals surface area contributed by atoms with Gasteiger partial charge in [0, 0.05) is 11.5 Å². The fourth-order valence-electron chi connectivity index (χ4n) is 4.89. The van der Waals surface area contributed by atoms with Crippen LogP contribution >= 0.6 is 7.94 Å². The van der Waals surface area contributed by atoms with Gasteiger partial charge in [-0.25, -0.2) is 4.79 Å². The standard InChI is InChI=1S/C23H28N2O7P/c1-15-19(22(26)30-3)20(17-9-5-6-10-18(17)25(27)28)21(16(2)24-15)33(29)31-13-23(14-32-33)11-7-4-8-12-23/h5-6,9-10,29H,4,7-8,11-14H2,1-3H3/q+1. The van der Waals surface area contributed by atoms with E-state index in [-0.39, 0.29) is 33.1 Å². The third-order valence-corrected chi connectivity index (χ3v) is 8.65. The normalized spacial score (nSPS) is 19.3. The van der Waals surface area contributed by atoms with Crippen LogP contribution in [-0.4, -0.2) is 41.1 Å². The van der Waals surface area contributed by atoms with Crippen molar-refractivity contribution in [2.45, 2.75) is 46.0 Å². The Morgan fingerprint density at radius 3 is 2.39 bits per heavy atom. The van der Waals surface area contributed by atoms with Gasteiger partial charge in [0.05, 0.1) is 40.1 Å². The smallest absolute Gasteiger partial charge is 0.448 e. The second kappa shape index (κ2) is 9.06. The highest BCUT2D eigenvalue weighted by Crippen LogP contribution is 2.64. The Kier molecular flexibility index (Phi) is 6.51. The highest BCUT2D eigenvalue weighted by molar-refractivity contribution is 7.69. The van der Waals surface area contributed by atoms with Gasteiger partial charge in [-0.3, -0.25) is 15.1 Å². The lowest BCUT2D eigenvalue weighted by Gasteiger charge is -2.40. The molecule has 33 heavy (non-hydrogen) atoms. The SMILES string of the molecule is COC(=O)c1c(C)nc(C)c([P+]2(O)OCC3(CCCCC3)CO2)c1-c1ccccc1[N+](=O)[O-]. The molecule has 0 radical (unpaired) electrons. The lowest BCUT2D eigenvalue weighted by atomic mass is 9.75. The predicted molar refractivity (Wildman–Crippen MR) is 123 cm³/mol. The van der Waals surface area contributed by atoms with Crippen LogP contribution in [0.3, 0.4) is 0 Å². The van der Waals surface area contributed by atoms with Crippen LogP contribution in [0.25, 0.3) is 11.1 Å². The molecule has 2 fully saturated rings. The van der Waals surface area contributed by atoms with Crippen molar-refractivity contribution in [3.8, 4) is 11.1 Å². The van der Waals surface area contributed by atoms with Gasteiger partial charge < -0.3 is 4.74 Å². The van der Waals surface area contributed by atoms with E-state index in [0.29, 0.717) is 24.6 Å². The molecule has 1 N–H and O–H groups in total. The molecule has 2 aromatic rings. The molecule has 2 heterocycles. The Balaban J connectivity index is 1.92. The fraction of sp³-hybridized carbons (Fsp3) is 0.478.